The molecule has 3 saturated heterocycles. The lowest BCUT2D eigenvalue weighted by molar-refractivity contribution is -0.0444. The van der Waals surface area contributed by atoms with E-state index < -0.39 is 16.5 Å². The Morgan fingerprint density at radius 2 is 2.03 bits per heavy atom. The summed E-state index contributed by atoms with van der Waals surface area (Å²) in [5.74, 6) is 2.01. The van der Waals surface area contributed by atoms with E-state index in [0.29, 0.717) is 11.8 Å². The number of aliphatic hydroxyl groups is 1. The molecule has 0 amide bonds. The highest BCUT2D eigenvalue weighted by atomic mass is 32.3. The highest BCUT2D eigenvalue weighted by Gasteiger charge is 2.42. The van der Waals surface area contributed by atoms with Crippen molar-refractivity contribution in [3.63, 3.8) is 0 Å². The Labute approximate surface area is 175 Å². The van der Waals surface area contributed by atoms with Gasteiger partial charge in [-0.3, -0.25) is 19.0 Å². The Kier molecular flexibility index (Phi) is 7.92. The summed E-state index contributed by atoms with van der Waals surface area (Å²) in [7, 11) is -3.01. The van der Waals surface area contributed by atoms with E-state index in [4.69, 9.17) is 22.3 Å². The Bertz CT molecular complexity index is 974. The van der Waals surface area contributed by atoms with Crippen LogP contribution >= 0.6 is 0 Å². The van der Waals surface area contributed by atoms with E-state index in [1.165, 1.54) is 6.42 Å². The van der Waals surface area contributed by atoms with E-state index in [1.807, 2.05) is 24.3 Å². The number of fused-ring (bicyclic) bond motifs is 4. The number of ether oxygens (including phenoxy) is 1. The fraction of sp³-hybridized carbons (Fsp3) is 0.450. The summed E-state index contributed by atoms with van der Waals surface area (Å²) in [6, 6.07) is 7.96. The molecule has 4 heterocycles. The molecular weight excluding hydrogens is 412 g/mol. The normalized spacial score (nSPS) is 26.1. The maximum Gasteiger partial charge on any atom is 0.394 e. The molecular formula is C20H28N2O7S. The lowest BCUT2D eigenvalue weighted by atomic mass is 9.73. The lowest BCUT2D eigenvalue weighted by Crippen LogP contribution is -2.54. The van der Waals surface area contributed by atoms with E-state index in [0.717, 1.165) is 41.7 Å². The zero-order valence-electron chi connectivity index (χ0n) is 16.7. The third-order valence-electron chi connectivity index (χ3n) is 5.82. The Morgan fingerprint density at radius 3 is 2.60 bits per heavy atom. The molecule has 1 aromatic heterocycles. The summed E-state index contributed by atoms with van der Waals surface area (Å²) in [5.41, 5.74) is 1.85. The van der Waals surface area contributed by atoms with Gasteiger partial charge in [0.2, 0.25) is 0 Å². The smallest absolute Gasteiger partial charge is 0.394 e. The van der Waals surface area contributed by atoms with Gasteiger partial charge in [0.05, 0.1) is 18.7 Å². The van der Waals surface area contributed by atoms with Crippen molar-refractivity contribution in [2.75, 3.05) is 20.2 Å². The van der Waals surface area contributed by atoms with Crippen LogP contribution in [0.4, 0.5) is 0 Å². The second-order valence-electron chi connectivity index (χ2n) is 7.42. The number of pyridine rings is 1. The predicted molar refractivity (Wildman–Crippen MR) is 113 cm³/mol. The van der Waals surface area contributed by atoms with E-state index in [2.05, 4.69) is 22.5 Å². The van der Waals surface area contributed by atoms with Crippen LogP contribution in [-0.4, -0.2) is 64.2 Å². The summed E-state index contributed by atoms with van der Waals surface area (Å²) in [5, 5.41) is 12.1. The van der Waals surface area contributed by atoms with Gasteiger partial charge in [-0.25, -0.2) is 0 Å². The molecule has 3 aliphatic heterocycles. The quantitative estimate of drug-likeness (QED) is 0.480. The zero-order valence-corrected chi connectivity index (χ0v) is 17.5. The third kappa shape index (κ3) is 5.54. The first kappa shape index (κ1) is 24.2. The monoisotopic (exact) mass is 440 g/mol. The Morgan fingerprint density at radius 1 is 1.33 bits per heavy atom. The standard InChI is InChI=1S/C20H24N2O2.H2O4S.H2O/c1-3-13-12-22-9-7-14(13)10-19(22)20(23)16-6-8-21-18-5-4-15(24-2)11-17(16)18;1-5(2,3)4;/h3-6,8,11,13-14,19-20,23H,1,7,9-10,12H2,2H3;(H2,1,2,3,4);1H2. The molecule has 0 aliphatic carbocycles. The van der Waals surface area contributed by atoms with Crippen LogP contribution in [-0.2, 0) is 10.4 Å². The van der Waals surface area contributed by atoms with E-state index in [1.54, 1.807) is 13.3 Å². The Balaban J connectivity index is 0.000000482. The minimum absolute atomic E-state index is 0. The molecule has 2 aromatic rings. The number of hydrogen-bond donors (Lipinski definition) is 3. The number of benzene rings is 1. The molecule has 9 nitrogen and oxygen atoms in total. The first-order valence-corrected chi connectivity index (χ1v) is 10.8. The number of aromatic nitrogens is 1. The van der Waals surface area contributed by atoms with Crippen LogP contribution < -0.4 is 4.74 Å². The SMILES string of the molecule is C=CC1CN2CCC1CC2C(O)c1ccnc2ccc(OC)cc12.O.O=S(=O)(O)O. The molecule has 2 bridgehead atoms. The first-order valence-electron chi connectivity index (χ1n) is 9.38. The molecule has 3 fully saturated rings. The minimum atomic E-state index is -4.67. The van der Waals surface area contributed by atoms with Gasteiger partial charge in [0.15, 0.2) is 0 Å². The number of hydrogen-bond acceptors (Lipinski definition) is 6. The topological polar surface area (TPSA) is 152 Å². The van der Waals surface area contributed by atoms with Gasteiger partial charge >= 0.3 is 10.4 Å². The fourth-order valence-electron chi connectivity index (χ4n) is 4.44. The van der Waals surface area contributed by atoms with Gasteiger partial charge in [-0.05, 0) is 61.1 Å². The van der Waals surface area contributed by atoms with Gasteiger partial charge in [0.25, 0.3) is 0 Å². The molecule has 0 spiro atoms. The molecule has 3 aliphatic rings. The van der Waals surface area contributed by atoms with E-state index in [9.17, 15) is 5.11 Å². The number of piperidine rings is 3. The van der Waals surface area contributed by atoms with Crippen LogP contribution in [0, 0.1) is 11.8 Å². The van der Waals surface area contributed by atoms with Crippen LogP contribution in [0.5, 0.6) is 5.75 Å². The summed E-state index contributed by atoms with van der Waals surface area (Å²) in [4.78, 5) is 6.86. The number of rotatable bonds is 4. The van der Waals surface area contributed by atoms with Crippen molar-refractivity contribution >= 4 is 21.3 Å². The van der Waals surface area contributed by atoms with Crippen molar-refractivity contribution in [2.45, 2.75) is 25.0 Å². The van der Waals surface area contributed by atoms with Crippen LogP contribution in [0.2, 0.25) is 0 Å². The average molecular weight is 441 g/mol. The molecule has 0 saturated carbocycles. The maximum absolute atomic E-state index is 11.2. The minimum Gasteiger partial charge on any atom is -0.497 e. The van der Waals surface area contributed by atoms with Crippen molar-refractivity contribution in [1.82, 2.24) is 9.88 Å². The molecule has 5 rings (SSSR count). The van der Waals surface area contributed by atoms with E-state index >= 15 is 0 Å². The van der Waals surface area contributed by atoms with Crippen LogP contribution in [0.25, 0.3) is 10.9 Å². The molecule has 5 unspecified atom stereocenters. The van der Waals surface area contributed by atoms with Crippen molar-refractivity contribution < 1.29 is 32.8 Å². The van der Waals surface area contributed by atoms with Crippen molar-refractivity contribution in [3.05, 3.63) is 48.7 Å². The summed E-state index contributed by atoms with van der Waals surface area (Å²) < 4.78 is 36.9. The molecule has 1 aromatic carbocycles. The van der Waals surface area contributed by atoms with Crippen LogP contribution in [0.15, 0.2) is 43.1 Å². The first-order chi connectivity index (χ1) is 13.7. The fourth-order valence-corrected chi connectivity index (χ4v) is 4.44. The predicted octanol–water partition coefficient (Wildman–Crippen LogP) is 1.70. The van der Waals surface area contributed by atoms with Gasteiger partial charge < -0.3 is 15.3 Å². The average Bonchev–Trinajstić information content (AvgIpc) is 2.71. The largest absolute Gasteiger partial charge is 0.497 e. The number of aliphatic hydroxyl groups excluding tert-OH is 1. The van der Waals surface area contributed by atoms with Crippen molar-refractivity contribution in [3.8, 4) is 5.75 Å². The van der Waals surface area contributed by atoms with Crippen LogP contribution in [0.1, 0.15) is 24.5 Å². The molecule has 10 heteroatoms. The Hall–Kier alpha value is -2.08. The van der Waals surface area contributed by atoms with Gasteiger partial charge in [-0.1, -0.05) is 6.08 Å². The van der Waals surface area contributed by atoms with Gasteiger partial charge in [-0.2, -0.15) is 8.42 Å². The summed E-state index contributed by atoms with van der Waals surface area (Å²) >= 11 is 0. The maximum atomic E-state index is 11.2. The summed E-state index contributed by atoms with van der Waals surface area (Å²) in [6.07, 6.45) is 5.62. The van der Waals surface area contributed by atoms with Crippen molar-refractivity contribution in [1.29, 1.82) is 0 Å². The highest BCUT2D eigenvalue weighted by molar-refractivity contribution is 7.79. The van der Waals surface area contributed by atoms with Crippen LogP contribution in [0.3, 0.4) is 0 Å². The van der Waals surface area contributed by atoms with Gasteiger partial charge in [0, 0.05) is 24.2 Å². The number of methoxy groups -OCH3 is 1. The summed E-state index contributed by atoms with van der Waals surface area (Å²) in [6.45, 7) is 6.07. The molecule has 5 N–H and O–H groups in total. The molecule has 0 radical (unpaired) electrons. The third-order valence-corrected chi connectivity index (χ3v) is 5.82. The van der Waals surface area contributed by atoms with Gasteiger partial charge in [-0.15, -0.1) is 6.58 Å². The van der Waals surface area contributed by atoms with Gasteiger partial charge in [0.1, 0.15) is 5.75 Å². The molecule has 30 heavy (non-hydrogen) atoms. The number of nitrogens with zero attached hydrogens (tertiary/aromatic N) is 2. The lowest BCUT2D eigenvalue weighted by Gasteiger charge is -2.50. The van der Waals surface area contributed by atoms with E-state index in [-0.39, 0.29) is 11.5 Å². The second-order valence-corrected chi connectivity index (χ2v) is 8.32. The van der Waals surface area contributed by atoms with Crippen molar-refractivity contribution in [2.24, 2.45) is 11.8 Å². The highest BCUT2D eigenvalue weighted by Crippen LogP contribution is 2.42. The second kappa shape index (κ2) is 9.82. The molecule has 166 valence electrons. The zero-order chi connectivity index (χ0) is 21.2. The molecule has 5 atom stereocenters.